The van der Waals surface area contributed by atoms with E-state index in [0.717, 1.165) is 38.9 Å². The van der Waals surface area contributed by atoms with Gasteiger partial charge in [0.25, 0.3) is 0 Å². The molecule has 96 valence electrons. The molecule has 0 aliphatic carbocycles. The molecule has 2 heterocycles. The Labute approximate surface area is 114 Å². The van der Waals surface area contributed by atoms with Crippen molar-refractivity contribution in [1.29, 1.82) is 0 Å². The molecular weight excluding hydrogens is 250 g/mol. The van der Waals surface area contributed by atoms with Crippen molar-refractivity contribution in [2.75, 3.05) is 5.73 Å². The van der Waals surface area contributed by atoms with Gasteiger partial charge in [-0.3, -0.25) is 0 Å². The molecule has 0 atom stereocenters. The third-order valence-corrected chi connectivity index (χ3v) is 3.35. The number of nitrogens with two attached hydrogens (primary N) is 1. The monoisotopic (exact) mass is 261 g/mol. The number of rotatable bonds is 1. The largest absolute Gasteiger partial charge is 0.399 e. The van der Waals surface area contributed by atoms with E-state index in [1.54, 1.807) is 0 Å². The number of para-hydroxylation sites is 1. The van der Waals surface area contributed by atoms with E-state index in [4.69, 9.17) is 10.7 Å². The van der Waals surface area contributed by atoms with Gasteiger partial charge in [0.1, 0.15) is 16.7 Å². The first-order chi connectivity index (χ1) is 9.83. The molecule has 0 radical (unpaired) electrons. The summed E-state index contributed by atoms with van der Waals surface area (Å²) in [5.41, 5.74) is 10.8. The molecule has 0 saturated heterocycles. The summed E-state index contributed by atoms with van der Waals surface area (Å²) in [5.74, 6) is 0. The third-order valence-electron chi connectivity index (χ3n) is 3.35. The lowest BCUT2D eigenvalue weighted by molar-refractivity contribution is 0.960. The first-order valence-corrected chi connectivity index (χ1v) is 6.28. The molecular formula is C15H11N5. The van der Waals surface area contributed by atoms with E-state index in [1.807, 2.05) is 48.5 Å². The second-order valence-electron chi connectivity index (χ2n) is 4.62. The number of nitrogens with one attached hydrogen (secondary N) is 1. The van der Waals surface area contributed by atoms with Gasteiger partial charge in [0.2, 0.25) is 0 Å². The Morgan fingerprint density at radius 2 is 1.60 bits per heavy atom. The molecule has 2 aromatic heterocycles. The highest BCUT2D eigenvalue weighted by Crippen LogP contribution is 2.29. The van der Waals surface area contributed by atoms with Crippen LogP contribution in [0, 0.1) is 0 Å². The number of benzene rings is 2. The minimum atomic E-state index is 0.728. The second-order valence-corrected chi connectivity index (χ2v) is 4.62. The summed E-state index contributed by atoms with van der Waals surface area (Å²) in [6.07, 6.45) is 0. The standard InChI is InChI=1S/C15H11N5/c16-10-7-5-9(6-8-10)13-15-14(18-20-19-15)11-3-1-2-4-12(11)17-13/h1-8H,16H2,(H,18,19,20). The lowest BCUT2D eigenvalue weighted by Gasteiger charge is -2.05. The first-order valence-electron chi connectivity index (χ1n) is 6.28. The minimum absolute atomic E-state index is 0.728. The first kappa shape index (κ1) is 10.9. The molecule has 20 heavy (non-hydrogen) atoms. The number of pyridine rings is 1. The van der Waals surface area contributed by atoms with E-state index in [0.29, 0.717) is 0 Å². The van der Waals surface area contributed by atoms with Crippen LogP contribution in [0.5, 0.6) is 0 Å². The van der Waals surface area contributed by atoms with Crippen molar-refractivity contribution in [3.05, 3.63) is 48.5 Å². The van der Waals surface area contributed by atoms with Gasteiger partial charge in [0.05, 0.1) is 5.52 Å². The van der Waals surface area contributed by atoms with Crippen LogP contribution in [0.4, 0.5) is 5.69 Å². The topological polar surface area (TPSA) is 80.5 Å². The molecule has 0 saturated carbocycles. The number of aromatic nitrogens is 4. The van der Waals surface area contributed by atoms with Gasteiger partial charge in [0.15, 0.2) is 0 Å². The fraction of sp³-hybridized carbons (Fsp3) is 0. The van der Waals surface area contributed by atoms with Crippen LogP contribution in [0.25, 0.3) is 33.2 Å². The molecule has 0 aliphatic heterocycles. The number of aromatic amines is 1. The predicted molar refractivity (Wildman–Crippen MR) is 79.0 cm³/mol. The van der Waals surface area contributed by atoms with Crippen LogP contribution in [-0.2, 0) is 0 Å². The van der Waals surface area contributed by atoms with Gasteiger partial charge in [-0.05, 0) is 18.2 Å². The quantitative estimate of drug-likeness (QED) is 0.516. The van der Waals surface area contributed by atoms with Crippen LogP contribution in [0.1, 0.15) is 0 Å². The molecule has 4 rings (SSSR count). The van der Waals surface area contributed by atoms with Crippen molar-refractivity contribution >= 4 is 27.6 Å². The van der Waals surface area contributed by atoms with Crippen molar-refractivity contribution in [3.8, 4) is 11.3 Å². The lowest BCUT2D eigenvalue weighted by atomic mass is 10.1. The molecule has 4 aromatic rings. The summed E-state index contributed by atoms with van der Waals surface area (Å²) < 4.78 is 0. The molecule has 0 fully saturated rings. The highest BCUT2D eigenvalue weighted by atomic mass is 15.3. The second kappa shape index (κ2) is 4.03. The van der Waals surface area contributed by atoms with E-state index in [2.05, 4.69) is 15.4 Å². The minimum Gasteiger partial charge on any atom is -0.399 e. The van der Waals surface area contributed by atoms with Crippen molar-refractivity contribution in [3.63, 3.8) is 0 Å². The number of nitrogen functional groups attached to an aromatic ring is 1. The Morgan fingerprint density at radius 1 is 0.850 bits per heavy atom. The molecule has 5 heteroatoms. The normalized spacial score (nSPS) is 11.2. The smallest absolute Gasteiger partial charge is 0.139 e. The maximum atomic E-state index is 5.73. The fourth-order valence-electron chi connectivity index (χ4n) is 2.37. The van der Waals surface area contributed by atoms with E-state index >= 15 is 0 Å². The molecule has 0 amide bonds. The highest BCUT2D eigenvalue weighted by molar-refractivity contribution is 6.06. The Morgan fingerprint density at radius 3 is 2.45 bits per heavy atom. The van der Waals surface area contributed by atoms with Crippen molar-refractivity contribution in [2.24, 2.45) is 0 Å². The summed E-state index contributed by atoms with van der Waals surface area (Å²) >= 11 is 0. The van der Waals surface area contributed by atoms with Gasteiger partial charge >= 0.3 is 0 Å². The molecule has 0 bridgehead atoms. The van der Waals surface area contributed by atoms with E-state index in [-0.39, 0.29) is 0 Å². The SMILES string of the molecule is Nc1ccc(-c2nc3ccccc3c3n[nH]nc23)cc1. The Bertz CT molecular complexity index is 909. The zero-order valence-electron chi connectivity index (χ0n) is 10.5. The maximum absolute atomic E-state index is 5.73. The lowest BCUT2D eigenvalue weighted by Crippen LogP contribution is -1.90. The zero-order chi connectivity index (χ0) is 13.5. The predicted octanol–water partition coefficient (Wildman–Crippen LogP) is 2.76. The number of hydrogen-bond acceptors (Lipinski definition) is 4. The number of anilines is 1. The number of H-pyrrole nitrogens is 1. The van der Waals surface area contributed by atoms with Gasteiger partial charge in [-0.2, -0.15) is 15.4 Å². The Hall–Kier alpha value is -2.95. The zero-order valence-corrected chi connectivity index (χ0v) is 10.5. The summed E-state index contributed by atoms with van der Waals surface area (Å²) in [5, 5.41) is 12.2. The van der Waals surface area contributed by atoms with Crippen LogP contribution < -0.4 is 5.73 Å². The number of hydrogen-bond donors (Lipinski definition) is 2. The summed E-state index contributed by atoms with van der Waals surface area (Å²) in [6.45, 7) is 0. The third kappa shape index (κ3) is 1.53. The van der Waals surface area contributed by atoms with E-state index in [9.17, 15) is 0 Å². The maximum Gasteiger partial charge on any atom is 0.139 e. The van der Waals surface area contributed by atoms with Gasteiger partial charge in [-0.15, -0.1) is 0 Å². The molecule has 3 N–H and O–H groups in total. The molecule has 5 nitrogen and oxygen atoms in total. The fourth-order valence-corrected chi connectivity index (χ4v) is 2.37. The average molecular weight is 261 g/mol. The van der Waals surface area contributed by atoms with Gasteiger partial charge in [-0.25, -0.2) is 4.98 Å². The molecule has 0 spiro atoms. The van der Waals surface area contributed by atoms with Crippen LogP contribution in [0.2, 0.25) is 0 Å². The van der Waals surface area contributed by atoms with Gasteiger partial charge in [-0.1, -0.05) is 30.3 Å². The molecule has 2 aromatic carbocycles. The van der Waals surface area contributed by atoms with E-state index in [1.165, 1.54) is 0 Å². The number of nitrogens with zero attached hydrogens (tertiary/aromatic N) is 3. The van der Waals surface area contributed by atoms with Crippen LogP contribution >= 0.6 is 0 Å². The Kier molecular flexibility index (Phi) is 2.20. The van der Waals surface area contributed by atoms with Gasteiger partial charge in [0, 0.05) is 16.6 Å². The van der Waals surface area contributed by atoms with Crippen molar-refractivity contribution < 1.29 is 0 Å². The summed E-state index contributed by atoms with van der Waals surface area (Å²) in [7, 11) is 0. The van der Waals surface area contributed by atoms with Crippen LogP contribution in [0.3, 0.4) is 0 Å². The number of fused-ring (bicyclic) bond motifs is 3. The van der Waals surface area contributed by atoms with Crippen molar-refractivity contribution in [1.82, 2.24) is 20.4 Å². The average Bonchev–Trinajstić information content (AvgIpc) is 2.97. The van der Waals surface area contributed by atoms with Gasteiger partial charge < -0.3 is 5.73 Å². The van der Waals surface area contributed by atoms with E-state index < -0.39 is 0 Å². The highest BCUT2D eigenvalue weighted by Gasteiger charge is 2.13. The summed E-state index contributed by atoms with van der Waals surface area (Å²) in [4.78, 5) is 4.71. The Balaban J connectivity index is 2.11. The summed E-state index contributed by atoms with van der Waals surface area (Å²) in [6, 6.07) is 15.5. The molecule has 0 unspecified atom stereocenters. The van der Waals surface area contributed by atoms with Crippen LogP contribution in [-0.4, -0.2) is 20.4 Å². The van der Waals surface area contributed by atoms with Crippen molar-refractivity contribution in [2.45, 2.75) is 0 Å². The van der Waals surface area contributed by atoms with Crippen LogP contribution in [0.15, 0.2) is 48.5 Å². The molecule has 0 aliphatic rings.